The van der Waals surface area contributed by atoms with Gasteiger partial charge in [0.05, 0.1) is 0 Å². The van der Waals surface area contributed by atoms with E-state index in [1.807, 2.05) is 13.8 Å². The number of carbonyl (C=O) groups is 2. The highest BCUT2D eigenvalue weighted by atomic mass is 16.2. The Balaban J connectivity index is 2.65. The molecule has 2 nitrogen and oxygen atoms in total. The Morgan fingerprint density at radius 3 is 1.42 bits per heavy atom. The van der Waals surface area contributed by atoms with Crippen LogP contribution in [0.2, 0.25) is 0 Å². The van der Waals surface area contributed by atoms with E-state index < -0.39 is 5.41 Å². The van der Waals surface area contributed by atoms with Crippen molar-refractivity contribution in [2.45, 2.75) is 118 Å². The Bertz CT molecular complexity index is 393. The number of ketones is 2. The van der Waals surface area contributed by atoms with E-state index in [9.17, 15) is 9.59 Å². The van der Waals surface area contributed by atoms with Crippen molar-refractivity contribution in [2.75, 3.05) is 0 Å². The SMILES string of the molecule is CC1(C)CCCCCCCCCCCCCCC(=O)C(=O)C1(C)C. The molecule has 0 N–H and O–H groups in total. The molecule has 1 saturated carbocycles. The topological polar surface area (TPSA) is 34.1 Å². The number of rotatable bonds is 0. The summed E-state index contributed by atoms with van der Waals surface area (Å²) in [5.41, 5.74) is -0.680. The maximum atomic E-state index is 12.7. The highest BCUT2D eigenvalue weighted by Crippen LogP contribution is 2.43. The van der Waals surface area contributed by atoms with Crippen molar-refractivity contribution >= 4 is 11.6 Å². The van der Waals surface area contributed by atoms with Crippen LogP contribution in [0.5, 0.6) is 0 Å². The molecule has 0 atom stereocenters. The maximum Gasteiger partial charge on any atom is 0.204 e. The van der Waals surface area contributed by atoms with E-state index in [0.717, 1.165) is 25.7 Å². The highest BCUT2D eigenvalue weighted by Gasteiger charge is 2.44. The van der Waals surface area contributed by atoms with Crippen LogP contribution >= 0.6 is 0 Å². The van der Waals surface area contributed by atoms with Gasteiger partial charge >= 0.3 is 0 Å². The lowest BCUT2D eigenvalue weighted by atomic mass is 9.62. The van der Waals surface area contributed by atoms with E-state index in [1.165, 1.54) is 57.8 Å². The van der Waals surface area contributed by atoms with Gasteiger partial charge in [0.25, 0.3) is 0 Å². The monoisotopic (exact) mass is 336 g/mol. The third-order valence-corrected chi connectivity index (χ3v) is 6.47. The molecule has 0 spiro atoms. The lowest BCUT2D eigenvalue weighted by Gasteiger charge is -2.40. The van der Waals surface area contributed by atoms with Gasteiger partial charge in [-0.3, -0.25) is 9.59 Å². The summed E-state index contributed by atoms with van der Waals surface area (Å²) in [5, 5.41) is 0. The predicted molar refractivity (Wildman–Crippen MR) is 102 cm³/mol. The zero-order valence-electron chi connectivity index (χ0n) is 16.7. The molecule has 0 heterocycles. The molecular weight excluding hydrogens is 296 g/mol. The van der Waals surface area contributed by atoms with Gasteiger partial charge < -0.3 is 0 Å². The molecule has 0 amide bonds. The largest absolute Gasteiger partial charge is 0.291 e. The van der Waals surface area contributed by atoms with Crippen molar-refractivity contribution in [3.63, 3.8) is 0 Å². The van der Waals surface area contributed by atoms with Crippen LogP contribution in [0.15, 0.2) is 0 Å². The van der Waals surface area contributed by atoms with Crippen LogP contribution in [0, 0.1) is 10.8 Å². The summed E-state index contributed by atoms with van der Waals surface area (Å²) in [7, 11) is 0. The molecule has 1 aliphatic carbocycles. The molecule has 24 heavy (non-hydrogen) atoms. The Morgan fingerprint density at radius 1 is 0.583 bits per heavy atom. The fraction of sp³-hybridized carbons (Fsp3) is 0.909. The van der Waals surface area contributed by atoms with Gasteiger partial charge in [-0.25, -0.2) is 0 Å². The average molecular weight is 337 g/mol. The standard InChI is InChI=1S/C22H40O2/c1-21(2)18-16-14-12-10-8-6-5-7-9-11-13-15-17-19(23)20(24)22(21,3)4/h5-18H2,1-4H3. The maximum absolute atomic E-state index is 12.7. The van der Waals surface area contributed by atoms with E-state index in [4.69, 9.17) is 0 Å². The van der Waals surface area contributed by atoms with Crippen molar-refractivity contribution < 1.29 is 9.59 Å². The van der Waals surface area contributed by atoms with E-state index in [0.29, 0.717) is 6.42 Å². The third kappa shape index (κ3) is 6.69. The van der Waals surface area contributed by atoms with Crippen LogP contribution in [0.3, 0.4) is 0 Å². The van der Waals surface area contributed by atoms with E-state index in [1.54, 1.807) is 0 Å². The number of hydrogen-bond acceptors (Lipinski definition) is 2. The summed E-state index contributed by atoms with van der Waals surface area (Å²) in [5.74, 6) is -0.289. The molecule has 140 valence electrons. The predicted octanol–water partition coefficient (Wildman–Crippen LogP) is 6.65. The Labute approximate surface area is 150 Å². The van der Waals surface area contributed by atoms with Crippen LogP contribution in [-0.4, -0.2) is 11.6 Å². The molecular formula is C22H40O2. The summed E-state index contributed by atoms with van der Waals surface area (Å²) in [6.07, 6.45) is 16.4. The molecule has 0 aromatic heterocycles. The lowest BCUT2D eigenvalue weighted by Crippen LogP contribution is -2.43. The smallest absolute Gasteiger partial charge is 0.204 e. The summed E-state index contributed by atoms with van der Waals surface area (Å²) in [4.78, 5) is 25.1. The Hall–Kier alpha value is -0.660. The number of carbonyl (C=O) groups excluding carboxylic acids is 2. The molecule has 0 bridgehead atoms. The minimum atomic E-state index is -0.560. The summed E-state index contributed by atoms with van der Waals surface area (Å²) < 4.78 is 0. The van der Waals surface area contributed by atoms with Crippen molar-refractivity contribution in [2.24, 2.45) is 10.8 Å². The van der Waals surface area contributed by atoms with E-state index in [-0.39, 0.29) is 17.0 Å². The molecule has 1 aliphatic rings. The third-order valence-electron chi connectivity index (χ3n) is 6.47. The highest BCUT2D eigenvalue weighted by molar-refractivity contribution is 6.39. The molecule has 0 radical (unpaired) electrons. The second-order valence-electron chi connectivity index (χ2n) is 9.00. The first-order chi connectivity index (χ1) is 11.3. The van der Waals surface area contributed by atoms with E-state index >= 15 is 0 Å². The van der Waals surface area contributed by atoms with Gasteiger partial charge in [0.15, 0.2) is 5.78 Å². The van der Waals surface area contributed by atoms with Gasteiger partial charge in [-0.05, 0) is 18.3 Å². The first-order valence-electron chi connectivity index (χ1n) is 10.4. The first kappa shape index (κ1) is 21.4. The summed E-state index contributed by atoms with van der Waals surface area (Å²) in [6.45, 7) is 8.28. The minimum absolute atomic E-state index is 0.120. The normalized spacial score (nSPS) is 25.7. The molecule has 1 fully saturated rings. The van der Waals surface area contributed by atoms with Gasteiger partial charge in [0.1, 0.15) is 0 Å². The summed E-state index contributed by atoms with van der Waals surface area (Å²) >= 11 is 0. The van der Waals surface area contributed by atoms with E-state index in [2.05, 4.69) is 13.8 Å². The second kappa shape index (κ2) is 10.4. The number of Topliss-reactive ketones (excluding diaryl/α,β-unsaturated/α-hetero) is 2. The van der Waals surface area contributed by atoms with Gasteiger partial charge in [-0.1, -0.05) is 98.3 Å². The van der Waals surface area contributed by atoms with Crippen LogP contribution in [0.4, 0.5) is 0 Å². The molecule has 1 rings (SSSR count). The van der Waals surface area contributed by atoms with Crippen LogP contribution in [-0.2, 0) is 9.59 Å². The van der Waals surface area contributed by atoms with Crippen molar-refractivity contribution in [3.05, 3.63) is 0 Å². The zero-order chi connectivity index (χ0) is 18.1. The molecule has 0 saturated heterocycles. The Kier molecular flexibility index (Phi) is 9.23. The van der Waals surface area contributed by atoms with Crippen LogP contribution in [0.1, 0.15) is 118 Å². The minimum Gasteiger partial charge on any atom is -0.291 e. The van der Waals surface area contributed by atoms with Crippen LogP contribution in [0.25, 0.3) is 0 Å². The van der Waals surface area contributed by atoms with Crippen molar-refractivity contribution in [1.29, 1.82) is 0 Å². The molecule has 2 heteroatoms. The van der Waals surface area contributed by atoms with Gasteiger partial charge in [0, 0.05) is 11.8 Å². The molecule has 0 unspecified atom stereocenters. The average Bonchev–Trinajstić information content (AvgIpc) is 2.53. The van der Waals surface area contributed by atoms with Gasteiger partial charge in [-0.2, -0.15) is 0 Å². The second-order valence-corrected chi connectivity index (χ2v) is 9.00. The first-order valence-corrected chi connectivity index (χ1v) is 10.4. The van der Waals surface area contributed by atoms with Crippen molar-refractivity contribution in [1.82, 2.24) is 0 Å². The van der Waals surface area contributed by atoms with Crippen molar-refractivity contribution in [3.8, 4) is 0 Å². The fourth-order valence-corrected chi connectivity index (χ4v) is 3.70. The zero-order valence-corrected chi connectivity index (χ0v) is 16.7. The molecule has 0 aliphatic heterocycles. The molecule has 0 aromatic carbocycles. The lowest BCUT2D eigenvalue weighted by molar-refractivity contribution is -0.146. The van der Waals surface area contributed by atoms with Crippen LogP contribution < -0.4 is 0 Å². The Morgan fingerprint density at radius 2 is 0.958 bits per heavy atom. The summed E-state index contributed by atoms with van der Waals surface area (Å²) in [6, 6.07) is 0. The van der Waals surface area contributed by atoms with Gasteiger partial charge in [-0.15, -0.1) is 0 Å². The number of hydrogen-bond donors (Lipinski definition) is 0. The quantitative estimate of drug-likeness (QED) is 0.464. The fourth-order valence-electron chi connectivity index (χ4n) is 3.70. The van der Waals surface area contributed by atoms with Gasteiger partial charge in [0.2, 0.25) is 5.78 Å². The molecule has 0 aromatic rings.